The maximum absolute atomic E-state index is 13.8. The number of hydrogen-bond acceptors (Lipinski definition) is 6. The van der Waals surface area contributed by atoms with Crippen molar-refractivity contribution in [2.24, 2.45) is 0 Å². The van der Waals surface area contributed by atoms with Crippen LogP contribution in [0.1, 0.15) is 12.5 Å². The SMILES string of the molecule is CNS(=O)(=O)c1ccc(NC(C)=O)c(-c2nnn(Cc3ccccc3F)n2)c1. The van der Waals surface area contributed by atoms with Gasteiger partial charge in [-0.15, -0.1) is 10.2 Å². The van der Waals surface area contributed by atoms with E-state index < -0.39 is 15.8 Å². The molecule has 28 heavy (non-hydrogen) atoms. The van der Waals surface area contributed by atoms with E-state index in [1.165, 1.54) is 43.0 Å². The van der Waals surface area contributed by atoms with Gasteiger partial charge in [0.2, 0.25) is 21.8 Å². The van der Waals surface area contributed by atoms with Gasteiger partial charge in [-0.1, -0.05) is 18.2 Å². The summed E-state index contributed by atoms with van der Waals surface area (Å²) in [6.45, 7) is 1.37. The molecule has 3 aromatic rings. The molecule has 0 atom stereocenters. The van der Waals surface area contributed by atoms with Crippen LogP contribution in [-0.2, 0) is 21.4 Å². The summed E-state index contributed by atoms with van der Waals surface area (Å²) in [5, 5.41) is 14.6. The predicted molar refractivity (Wildman–Crippen MR) is 99.3 cm³/mol. The van der Waals surface area contributed by atoms with Gasteiger partial charge in [0, 0.05) is 18.1 Å². The van der Waals surface area contributed by atoms with Crippen LogP contribution < -0.4 is 10.0 Å². The van der Waals surface area contributed by atoms with Crippen LogP contribution in [0.15, 0.2) is 47.4 Å². The van der Waals surface area contributed by atoms with Crippen molar-refractivity contribution >= 4 is 21.6 Å². The number of carbonyl (C=O) groups excluding carboxylic acids is 1. The Kier molecular flexibility index (Phi) is 5.47. The molecule has 0 fully saturated rings. The van der Waals surface area contributed by atoms with Gasteiger partial charge in [0.1, 0.15) is 5.82 Å². The average Bonchev–Trinajstić information content (AvgIpc) is 3.11. The molecule has 0 saturated heterocycles. The van der Waals surface area contributed by atoms with Crippen molar-refractivity contribution < 1.29 is 17.6 Å². The number of hydrogen-bond donors (Lipinski definition) is 2. The van der Waals surface area contributed by atoms with Crippen LogP contribution in [0.3, 0.4) is 0 Å². The van der Waals surface area contributed by atoms with Crippen molar-refractivity contribution in [1.82, 2.24) is 24.9 Å². The third-order valence-corrected chi connectivity index (χ3v) is 5.26. The van der Waals surface area contributed by atoms with Crippen LogP contribution in [0.5, 0.6) is 0 Å². The number of nitrogens with one attached hydrogen (secondary N) is 2. The van der Waals surface area contributed by atoms with Gasteiger partial charge in [0.25, 0.3) is 0 Å². The molecule has 0 bridgehead atoms. The Hall–Kier alpha value is -3.18. The number of benzene rings is 2. The molecule has 2 N–H and O–H groups in total. The van der Waals surface area contributed by atoms with Gasteiger partial charge in [0.05, 0.1) is 17.1 Å². The third kappa shape index (κ3) is 4.21. The molecule has 146 valence electrons. The van der Waals surface area contributed by atoms with Gasteiger partial charge < -0.3 is 5.32 Å². The Morgan fingerprint density at radius 1 is 1.21 bits per heavy atom. The number of amides is 1. The second kappa shape index (κ2) is 7.82. The maximum atomic E-state index is 13.8. The number of nitrogens with zero attached hydrogens (tertiary/aromatic N) is 4. The quantitative estimate of drug-likeness (QED) is 0.641. The van der Waals surface area contributed by atoms with Gasteiger partial charge in [-0.3, -0.25) is 4.79 Å². The largest absolute Gasteiger partial charge is 0.326 e. The highest BCUT2D eigenvalue weighted by Gasteiger charge is 2.18. The molecule has 3 rings (SSSR count). The molecule has 2 aromatic carbocycles. The lowest BCUT2D eigenvalue weighted by molar-refractivity contribution is -0.114. The van der Waals surface area contributed by atoms with E-state index in [1.54, 1.807) is 18.2 Å². The molecule has 0 radical (unpaired) electrons. The second-order valence-corrected chi connectivity index (χ2v) is 7.72. The lowest BCUT2D eigenvalue weighted by Gasteiger charge is -2.10. The predicted octanol–water partition coefficient (Wildman–Crippen LogP) is 1.39. The van der Waals surface area contributed by atoms with Gasteiger partial charge in [-0.25, -0.2) is 17.5 Å². The number of halogens is 1. The van der Waals surface area contributed by atoms with Crippen molar-refractivity contribution in [2.45, 2.75) is 18.4 Å². The summed E-state index contributed by atoms with van der Waals surface area (Å²) < 4.78 is 40.2. The summed E-state index contributed by atoms with van der Waals surface area (Å²) in [7, 11) is -2.42. The van der Waals surface area contributed by atoms with Crippen molar-refractivity contribution in [1.29, 1.82) is 0 Å². The number of tetrazole rings is 1. The lowest BCUT2D eigenvalue weighted by atomic mass is 10.1. The van der Waals surface area contributed by atoms with Crippen LogP contribution in [-0.4, -0.2) is 41.6 Å². The van der Waals surface area contributed by atoms with Crippen LogP contribution in [0.2, 0.25) is 0 Å². The van der Waals surface area contributed by atoms with Gasteiger partial charge >= 0.3 is 0 Å². The summed E-state index contributed by atoms with van der Waals surface area (Å²) >= 11 is 0. The molecule has 0 aliphatic rings. The summed E-state index contributed by atoms with van der Waals surface area (Å²) in [5.41, 5.74) is 0.972. The lowest BCUT2D eigenvalue weighted by Crippen LogP contribution is -2.19. The Labute approximate surface area is 160 Å². The molecule has 1 aromatic heterocycles. The van der Waals surface area contributed by atoms with E-state index in [4.69, 9.17) is 0 Å². The highest BCUT2D eigenvalue weighted by Crippen LogP contribution is 2.28. The monoisotopic (exact) mass is 404 g/mol. The molecule has 9 nitrogen and oxygen atoms in total. The van der Waals surface area contributed by atoms with Crippen LogP contribution in [0.4, 0.5) is 10.1 Å². The van der Waals surface area contributed by atoms with E-state index in [0.29, 0.717) is 11.3 Å². The fourth-order valence-corrected chi connectivity index (χ4v) is 3.24. The Balaban J connectivity index is 2.02. The van der Waals surface area contributed by atoms with E-state index >= 15 is 0 Å². The molecule has 0 unspecified atom stereocenters. The maximum Gasteiger partial charge on any atom is 0.240 e. The number of anilines is 1. The van der Waals surface area contributed by atoms with Crippen LogP contribution in [0, 0.1) is 5.82 Å². The van der Waals surface area contributed by atoms with Crippen LogP contribution in [0.25, 0.3) is 11.4 Å². The smallest absolute Gasteiger partial charge is 0.240 e. The van der Waals surface area contributed by atoms with E-state index in [-0.39, 0.29) is 28.7 Å². The first kappa shape index (κ1) is 19.6. The molecule has 0 aliphatic carbocycles. The minimum absolute atomic E-state index is 0.0236. The topological polar surface area (TPSA) is 119 Å². The fraction of sp³-hybridized carbons (Fsp3) is 0.176. The van der Waals surface area contributed by atoms with E-state index in [0.717, 1.165) is 0 Å². The number of aromatic nitrogens is 4. The van der Waals surface area contributed by atoms with Crippen molar-refractivity contribution in [3.63, 3.8) is 0 Å². The van der Waals surface area contributed by atoms with Crippen molar-refractivity contribution in [3.8, 4) is 11.4 Å². The Morgan fingerprint density at radius 2 is 1.96 bits per heavy atom. The molecular weight excluding hydrogens is 387 g/mol. The second-order valence-electron chi connectivity index (χ2n) is 5.83. The van der Waals surface area contributed by atoms with Gasteiger partial charge in [-0.2, -0.15) is 4.80 Å². The highest BCUT2D eigenvalue weighted by molar-refractivity contribution is 7.89. The van der Waals surface area contributed by atoms with Gasteiger partial charge in [0.15, 0.2) is 0 Å². The Morgan fingerprint density at radius 3 is 2.64 bits per heavy atom. The standard InChI is InChI=1S/C17H17FN6O3S/c1-11(25)20-16-8-7-13(28(26,27)19-2)9-14(16)17-21-23-24(22-17)10-12-5-3-4-6-15(12)18/h3-9,19H,10H2,1-2H3,(H,20,25). The molecule has 0 saturated carbocycles. The molecule has 0 aliphatic heterocycles. The first-order chi connectivity index (χ1) is 13.3. The Bertz CT molecular complexity index is 1130. The fourth-order valence-electron chi connectivity index (χ4n) is 2.49. The zero-order valence-electron chi connectivity index (χ0n) is 15.0. The van der Waals surface area contributed by atoms with Crippen LogP contribution >= 0.6 is 0 Å². The molecule has 11 heteroatoms. The zero-order chi connectivity index (χ0) is 20.3. The third-order valence-electron chi connectivity index (χ3n) is 3.84. The van der Waals surface area contributed by atoms with Gasteiger partial charge in [-0.05, 0) is 36.5 Å². The van der Waals surface area contributed by atoms with Crippen molar-refractivity contribution in [3.05, 3.63) is 53.8 Å². The summed E-state index contributed by atoms with van der Waals surface area (Å²) in [4.78, 5) is 12.6. The van der Waals surface area contributed by atoms with Crippen molar-refractivity contribution in [2.75, 3.05) is 12.4 Å². The average molecular weight is 404 g/mol. The summed E-state index contributed by atoms with van der Waals surface area (Å²) in [6, 6.07) is 10.3. The molecule has 0 spiro atoms. The minimum Gasteiger partial charge on any atom is -0.326 e. The molecule has 1 heterocycles. The van der Waals surface area contributed by atoms with E-state index in [9.17, 15) is 17.6 Å². The first-order valence-corrected chi connectivity index (χ1v) is 9.65. The minimum atomic E-state index is -3.72. The van der Waals surface area contributed by atoms with E-state index in [2.05, 4.69) is 25.4 Å². The number of rotatable bonds is 6. The normalized spacial score (nSPS) is 11.4. The summed E-state index contributed by atoms with van der Waals surface area (Å²) in [6.07, 6.45) is 0. The first-order valence-electron chi connectivity index (χ1n) is 8.17. The molecule has 1 amide bonds. The molecular formula is C17H17FN6O3S. The number of carbonyl (C=O) groups is 1. The summed E-state index contributed by atoms with van der Waals surface area (Å²) in [5.74, 6) is -0.653. The number of sulfonamides is 1. The van der Waals surface area contributed by atoms with E-state index in [1.807, 2.05) is 0 Å². The zero-order valence-corrected chi connectivity index (χ0v) is 15.9. The highest BCUT2D eigenvalue weighted by atomic mass is 32.2.